The molecule has 0 saturated carbocycles. The number of carbonyl (C=O) groups is 4. The molecule has 0 aromatic heterocycles. The summed E-state index contributed by atoms with van der Waals surface area (Å²) in [6.07, 6.45) is 1.72. The molecule has 9 nitrogen and oxygen atoms in total. The van der Waals surface area contributed by atoms with Crippen molar-refractivity contribution < 1.29 is 33.4 Å². The normalized spacial score (nSPS) is 14.5. The predicted octanol–water partition coefficient (Wildman–Crippen LogP) is 5.59. The van der Waals surface area contributed by atoms with Crippen molar-refractivity contribution in [3.63, 3.8) is 0 Å². The fraction of sp³-hybridized carbons (Fsp3) is 0.312. The molecule has 1 heterocycles. The van der Waals surface area contributed by atoms with Crippen LogP contribution in [0.15, 0.2) is 66.7 Å². The Hall–Kier alpha value is -4.66. The van der Waals surface area contributed by atoms with Crippen LogP contribution >= 0.6 is 0 Å². The fourth-order valence-electron chi connectivity index (χ4n) is 4.26. The molecule has 0 aliphatic carbocycles. The third-order valence-corrected chi connectivity index (χ3v) is 6.80. The van der Waals surface area contributed by atoms with Gasteiger partial charge in [-0.05, 0) is 92.1 Å². The summed E-state index contributed by atoms with van der Waals surface area (Å²) in [7, 11) is 0. The predicted molar refractivity (Wildman–Crippen MR) is 154 cm³/mol. The lowest BCUT2D eigenvalue weighted by atomic mass is 10.1. The molecule has 1 aliphatic rings. The number of esters is 2. The molecule has 41 heavy (non-hydrogen) atoms. The third-order valence-electron chi connectivity index (χ3n) is 6.80. The summed E-state index contributed by atoms with van der Waals surface area (Å²) >= 11 is 0. The molecule has 0 bridgehead atoms. The van der Waals surface area contributed by atoms with Gasteiger partial charge in [0.05, 0.1) is 18.1 Å². The van der Waals surface area contributed by atoms with Gasteiger partial charge in [0.15, 0.2) is 6.61 Å². The highest BCUT2D eigenvalue weighted by atomic mass is 16.5. The van der Waals surface area contributed by atoms with E-state index in [0.29, 0.717) is 29.3 Å². The average molecular weight is 559 g/mol. The molecule has 4 rings (SSSR count). The van der Waals surface area contributed by atoms with Gasteiger partial charge in [0.2, 0.25) is 5.91 Å². The van der Waals surface area contributed by atoms with Crippen molar-refractivity contribution in [1.82, 2.24) is 0 Å². The van der Waals surface area contributed by atoms with Crippen LogP contribution in [0.5, 0.6) is 11.5 Å². The van der Waals surface area contributed by atoms with Gasteiger partial charge >= 0.3 is 11.9 Å². The van der Waals surface area contributed by atoms with Crippen molar-refractivity contribution in [2.75, 3.05) is 30.0 Å². The van der Waals surface area contributed by atoms with E-state index in [-0.39, 0.29) is 18.9 Å². The van der Waals surface area contributed by atoms with E-state index in [0.717, 1.165) is 24.2 Å². The fourth-order valence-corrected chi connectivity index (χ4v) is 4.26. The average Bonchev–Trinajstić information content (AvgIpc) is 3.36. The molecule has 1 fully saturated rings. The maximum atomic E-state index is 12.6. The van der Waals surface area contributed by atoms with Crippen LogP contribution in [-0.4, -0.2) is 43.5 Å². The Labute approximate surface area is 239 Å². The van der Waals surface area contributed by atoms with E-state index in [1.54, 1.807) is 48.5 Å². The van der Waals surface area contributed by atoms with Gasteiger partial charge in [-0.3, -0.25) is 14.4 Å². The molecule has 1 atom stereocenters. The van der Waals surface area contributed by atoms with Crippen molar-refractivity contribution >= 4 is 35.1 Å². The number of nitrogens with zero attached hydrogens (tertiary/aromatic N) is 1. The molecule has 0 spiro atoms. The minimum absolute atomic E-state index is 0.00281. The number of unbranched alkanes of at least 4 members (excludes halogenated alkanes) is 1. The van der Waals surface area contributed by atoms with E-state index < -0.39 is 30.4 Å². The summed E-state index contributed by atoms with van der Waals surface area (Å²) in [5.41, 5.74) is 3.79. The highest BCUT2D eigenvalue weighted by molar-refractivity contribution is 6.00. The molecule has 1 aliphatic heterocycles. The van der Waals surface area contributed by atoms with Crippen LogP contribution in [0.1, 0.15) is 47.7 Å². The molecule has 3 aromatic carbocycles. The monoisotopic (exact) mass is 558 g/mol. The first-order valence-electron chi connectivity index (χ1n) is 13.6. The molecular weight excluding hydrogens is 524 g/mol. The molecule has 1 N–H and O–H groups in total. The Balaban J connectivity index is 1.24. The van der Waals surface area contributed by atoms with E-state index in [9.17, 15) is 19.2 Å². The van der Waals surface area contributed by atoms with Gasteiger partial charge in [0.25, 0.3) is 5.91 Å². The van der Waals surface area contributed by atoms with E-state index in [1.165, 1.54) is 10.5 Å². The first-order valence-corrected chi connectivity index (χ1v) is 13.6. The van der Waals surface area contributed by atoms with Gasteiger partial charge in [-0.2, -0.15) is 0 Å². The highest BCUT2D eigenvalue weighted by Crippen LogP contribution is 2.29. The lowest BCUT2D eigenvalue weighted by molar-refractivity contribution is -0.151. The maximum absolute atomic E-state index is 12.6. The Kier molecular flexibility index (Phi) is 9.73. The Morgan fingerprint density at radius 2 is 1.61 bits per heavy atom. The maximum Gasteiger partial charge on any atom is 0.338 e. The number of rotatable bonds is 11. The minimum atomic E-state index is -0.681. The van der Waals surface area contributed by atoms with Gasteiger partial charge < -0.3 is 24.4 Å². The molecule has 0 radical (unpaired) electrons. The number of ether oxygens (including phenoxy) is 3. The Morgan fingerprint density at radius 3 is 2.29 bits per heavy atom. The molecule has 9 heteroatoms. The van der Waals surface area contributed by atoms with Gasteiger partial charge in [-0.25, -0.2) is 4.79 Å². The van der Waals surface area contributed by atoms with Crippen LogP contribution < -0.4 is 15.0 Å². The van der Waals surface area contributed by atoms with Crippen LogP contribution in [0.3, 0.4) is 0 Å². The first-order chi connectivity index (χ1) is 19.7. The summed E-state index contributed by atoms with van der Waals surface area (Å²) in [5.74, 6) is -1.09. The summed E-state index contributed by atoms with van der Waals surface area (Å²) < 4.78 is 16.3. The number of benzene rings is 3. The molecule has 1 saturated heterocycles. The first kappa shape index (κ1) is 29.3. The minimum Gasteiger partial charge on any atom is -0.462 e. The number of anilines is 2. The van der Waals surface area contributed by atoms with Crippen molar-refractivity contribution in [2.24, 2.45) is 5.92 Å². The Morgan fingerprint density at radius 1 is 0.902 bits per heavy atom. The van der Waals surface area contributed by atoms with Crippen molar-refractivity contribution in [3.8, 4) is 11.5 Å². The summed E-state index contributed by atoms with van der Waals surface area (Å²) in [6, 6.07) is 19.2. The third kappa shape index (κ3) is 7.94. The van der Waals surface area contributed by atoms with Crippen LogP contribution in [0, 0.1) is 19.8 Å². The number of aryl methyl sites for hydroxylation is 2. The van der Waals surface area contributed by atoms with E-state index in [2.05, 4.69) is 5.32 Å². The van der Waals surface area contributed by atoms with Crippen LogP contribution in [0.25, 0.3) is 0 Å². The van der Waals surface area contributed by atoms with Gasteiger partial charge in [0.1, 0.15) is 11.5 Å². The number of hydrogen-bond acceptors (Lipinski definition) is 7. The van der Waals surface area contributed by atoms with E-state index in [4.69, 9.17) is 14.2 Å². The number of amides is 2. The highest BCUT2D eigenvalue weighted by Gasteiger charge is 2.36. The lowest BCUT2D eigenvalue weighted by Gasteiger charge is -2.17. The van der Waals surface area contributed by atoms with Crippen molar-refractivity contribution in [2.45, 2.75) is 40.0 Å². The molecular formula is C32H34N2O7. The zero-order valence-corrected chi connectivity index (χ0v) is 23.5. The Bertz CT molecular complexity index is 1400. The second kappa shape index (κ2) is 13.6. The standard InChI is InChI=1S/C32H34N2O7/c1-4-5-16-39-31(37)23-7-9-25(10-8-23)33-29(35)20-40-32(38)24-18-30(36)34(19-24)26-11-14-27(15-12-26)41-28-13-6-21(2)22(3)17-28/h6-15,17,24H,4-5,16,18-20H2,1-3H3,(H,33,35)/t24-/m1/s1. The quantitative estimate of drug-likeness (QED) is 0.241. The molecule has 2 amide bonds. The van der Waals surface area contributed by atoms with Crippen LogP contribution in [0.4, 0.5) is 11.4 Å². The number of hydrogen-bond donors (Lipinski definition) is 1. The lowest BCUT2D eigenvalue weighted by Crippen LogP contribution is -2.28. The summed E-state index contributed by atoms with van der Waals surface area (Å²) in [6.45, 7) is 6.09. The molecule has 0 unspecified atom stereocenters. The van der Waals surface area contributed by atoms with Gasteiger partial charge in [0, 0.05) is 24.3 Å². The van der Waals surface area contributed by atoms with Crippen molar-refractivity contribution in [3.05, 3.63) is 83.4 Å². The van der Waals surface area contributed by atoms with Gasteiger partial charge in [-0.15, -0.1) is 0 Å². The molecule has 214 valence electrons. The zero-order chi connectivity index (χ0) is 29.4. The second-order valence-electron chi connectivity index (χ2n) is 9.97. The van der Waals surface area contributed by atoms with Gasteiger partial charge in [-0.1, -0.05) is 19.4 Å². The summed E-state index contributed by atoms with van der Waals surface area (Å²) in [4.78, 5) is 51.1. The smallest absolute Gasteiger partial charge is 0.338 e. The topological polar surface area (TPSA) is 111 Å². The number of nitrogens with one attached hydrogen (secondary N) is 1. The SMILES string of the molecule is CCCCOC(=O)c1ccc(NC(=O)COC(=O)[C@@H]2CC(=O)N(c3ccc(Oc4ccc(C)c(C)c4)cc3)C2)cc1. The number of carbonyl (C=O) groups excluding carboxylic acids is 4. The van der Waals surface area contributed by atoms with Crippen LogP contribution in [-0.2, 0) is 23.9 Å². The molecule has 3 aromatic rings. The second-order valence-corrected chi connectivity index (χ2v) is 9.97. The van der Waals surface area contributed by atoms with E-state index >= 15 is 0 Å². The zero-order valence-electron chi connectivity index (χ0n) is 23.5. The van der Waals surface area contributed by atoms with E-state index in [1.807, 2.05) is 39.0 Å². The largest absolute Gasteiger partial charge is 0.462 e. The summed E-state index contributed by atoms with van der Waals surface area (Å²) in [5, 5.41) is 2.62. The van der Waals surface area contributed by atoms with Crippen LogP contribution in [0.2, 0.25) is 0 Å². The van der Waals surface area contributed by atoms with Crippen molar-refractivity contribution in [1.29, 1.82) is 0 Å².